The molecule has 2 fully saturated rings. The van der Waals surface area contributed by atoms with Crippen molar-refractivity contribution in [3.8, 4) is 5.69 Å². The first-order chi connectivity index (χ1) is 20.6. The molecule has 0 aliphatic carbocycles. The van der Waals surface area contributed by atoms with Crippen molar-refractivity contribution in [2.75, 3.05) is 10.6 Å². The molecule has 43 heavy (non-hydrogen) atoms. The van der Waals surface area contributed by atoms with E-state index in [1.165, 1.54) is 5.56 Å². The molecule has 9 nitrogen and oxygen atoms in total. The summed E-state index contributed by atoms with van der Waals surface area (Å²) in [5.41, 5.74) is 5.11. The van der Waals surface area contributed by atoms with Gasteiger partial charge in [-0.05, 0) is 74.8 Å². The average Bonchev–Trinajstić information content (AvgIpc) is 3.52. The van der Waals surface area contributed by atoms with Gasteiger partial charge in [-0.2, -0.15) is 5.10 Å². The van der Waals surface area contributed by atoms with E-state index in [4.69, 9.17) is 5.10 Å². The molecular formula is C34H39N7O2. The molecule has 2 unspecified atom stereocenters. The molecule has 6 rings (SSSR count). The summed E-state index contributed by atoms with van der Waals surface area (Å²) in [6.07, 6.45) is 9.64. The van der Waals surface area contributed by atoms with Crippen LogP contribution in [0, 0.1) is 12.8 Å². The smallest absolute Gasteiger partial charge is 0.324 e. The number of carbonyl (C=O) groups excluding carboxylic acids is 2. The van der Waals surface area contributed by atoms with Crippen LogP contribution in [0.15, 0.2) is 73.2 Å². The van der Waals surface area contributed by atoms with Crippen molar-refractivity contribution in [1.29, 1.82) is 0 Å². The summed E-state index contributed by atoms with van der Waals surface area (Å²) in [6.45, 7) is 8.36. The normalized spacial score (nSPS) is 19.7. The van der Waals surface area contributed by atoms with Gasteiger partial charge in [0.25, 0.3) is 5.91 Å². The predicted molar refractivity (Wildman–Crippen MR) is 168 cm³/mol. The van der Waals surface area contributed by atoms with Gasteiger partial charge in [0.05, 0.1) is 17.6 Å². The van der Waals surface area contributed by atoms with Crippen LogP contribution < -0.4 is 10.6 Å². The highest BCUT2D eigenvalue weighted by atomic mass is 16.2. The highest BCUT2D eigenvalue weighted by Gasteiger charge is 2.43. The molecule has 0 spiro atoms. The first-order valence-electron chi connectivity index (χ1n) is 15.1. The Bertz CT molecular complexity index is 1590. The van der Waals surface area contributed by atoms with Crippen LogP contribution in [-0.2, 0) is 11.8 Å². The van der Waals surface area contributed by atoms with Crippen LogP contribution in [0.5, 0.6) is 0 Å². The number of nitrogens with one attached hydrogen (secondary N) is 2. The third-order valence-corrected chi connectivity index (χ3v) is 8.55. The van der Waals surface area contributed by atoms with Gasteiger partial charge < -0.3 is 10.2 Å². The van der Waals surface area contributed by atoms with E-state index >= 15 is 0 Å². The largest absolute Gasteiger partial charge is 0.331 e. The number of piperidine rings is 1. The third-order valence-electron chi connectivity index (χ3n) is 8.55. The van der Waals surface area contributed by atoms with Crippen LogP contribution >= 0.6 is 0 Å². The van der Waals surface area contributed by atoms with Crippen molar-refractivity contribution in [2.24, 2.45) is 5.92 Å². The Balaban J connectivity index is 1.11. The Morgan fingerprint density at radius 1 is 0.953 bits per heavy atom. The first-order valence-corrected chi connectivity index (χ1v) is 15.1. The predicted octanol–water partition coefficient (Wildman–Crippen LogP) is 6.54. The second-order valence-electron chi connectivity index (χ2n) is 12.9. The quantitative estimate of drug-likeness (QED) is 0.271. The summed E-state index contributed by atoms with van der Waals surface area (Å²) in [6, 6.07) is 18.2. The number of aryl methyl sites for hydroxylation is 1. The van der Waals surface area contributed by atoms with Crippen molar-refractivity contribution >= 4 is 23.4 Å². The van der Waals surface area contributed by atoms with Crippen LogP contribution in [0.3, 0.4) is 0 Å². The number of urea groups is 1. The summed E-state index contributed by atoms with van der Waals surface area (Å²) < 4.78 is 1.78. The van der Waals surface area contributed by atoms with Gasteiger partial charge in [0, 0.05) is 41.6 Å². The van der Waals surface area contributed by atoms with Gasteiger partial charge in [-0.1, -0.05) is 50.6 Å². The zero-order valence-corrected chi connectivity index (χ0v) is 25.2. The number of amides is 3. The van der Waals surface area contributed by atoms with Crippen molar-refractivity contribution in [3.05, 3.63) is 95.7 Å². The molecule has 9 heteroatoms. The number of fused-ring (bicyclic) bond motifs is 2. The van der Waals surface area contributed by atoms with Gasteiger partial charge >= 0.3 is 6.03 Å². The lowest BCUT2D eigenvalue weighted by Gasteiger charge is -2.39. The molecular weight excluding hydrogens is 538 g/mol. The fourth-order valence-electron chi connectivity index (χ4n) is 6.44. The van der Waals surface area contributed by atoms with Crippen LogP contribution in [0.4, 0.5) is 16.3 Å². The summed E-state index contributed by atoms with van der Waals surface area (Å²) >= 11 is 0. The van der Waals surface area contributed by atoms with Gasteiger partial charge in [-0.15, -0.1) is 0 Å². The molecule has 2 saturated heterocycles. The molecule has 4 heterocycles. The highest BCUT2D eigenvalue weighted by Crippen LogP contribution is 2.40. The van der Waals surface area contributed by atoms with Crippen LogP contribution in [0.25, 0.3) is 5.69 Å². The summed E-state index contributed by atoms with van der Waals surface area (Å²) in [5.74, 6) is 1.09. The fourth-order valence-corrected chi connectivity index (χ4v) is 6.44. The maximum atomic E-state index is 13.2. The first kappa shape index (κ1) is 28.6. The van der Waals surface area contributed by atoms with E-state index in [1.54, 1.807) is 23.3 Å². The van der Waals surface area contributed by atoms with Gasteiger partial charge in [0.2, 0.25) is 0 Å². The van der Waals surface area contributed by atoms with Crippen molar-refractivity contribution in [2.45, 2.75) is 77.3 Å². The van der Waals surface area contributed by atoms with Crippen molar-refractivity contribution < 1.29 is 9.59 Å². The zero-order chi connectivity index (χ0) is 30.1. The van der Waals surface area contributed by atoms with E-state index in [9.17, 15) is 9.59 Å². The fraction of sp³-hybridized carbons (Fsp3) is 0.382. The van der Waals surface area contributed by atoms with E-state index in [1.807, 2.05) is 49.4 Å². The topological polar surface area (TPSA) is 105 Å². The number of anilines is 2. The second-order valence-corrected chi connectivity index (χ2v) is 12.9. The minimum atomic E-state index is -0.320. The van der Waals surface area contributed by atoms with Gasteiger partial charge in [0.1, 0.15) is 11.5 Å². The van der Waals surface area contributed by atoms with E-state index in [0.717, 1.165) is 54.7 Å². The van der Waals surface area contributed by atoms with Crippen LogP contribution in [-0.4, -0.2) is 48.7 Å². The monoisotopic (exact) mass is 577 g/mol. The molecule has 2 bridgehead atoms. The Labute approximate surface area is 252 Å². The third kappa shape index (κ3) is 6.30. The molecule has 2 aliphatic heterocycles. The summed E-state index contributed by atoms with van der Waals surface area (Å²) in [4.78, 5) is 36.7. The molecule has 2 aromatic carbocycles. The number of hydrogen-bond donors (Lipinski definition) is 2. The Morgan fingerprint density at radius 3 is 2.37 bits per heavy atom. The molecule has 2 aliphatic rings. The standard InChI is InChI=1S/C34H39N7O2/c1-22-8-10-26(11-9-22)41-31(20-30(39-41)34(2,3)4)38-33(43)37-25-7-5-6-23(17-25)16-24-18-27-12-13-28(19-24)40(27)32(42)29-21-35-14-15-36-29/h5-11,14-15,17,20-21,24,27-28H,12-13,16,18-19H2,1-4H3,(H2,37,38,43). The minimum Gasteiger partial charge on any atom is -0.331 e. The molecule has 4 aromatic rings. The van der Waals surface area contributed by atoms with E-state index < -0.39 is 0 Å². The SMILES string of the molecule is Cc1ccc(-n2nc(C(C)(C)C)cc2NC(=O)Nc2cccc(CC3CC4CCC(C3)N4C(=O)c3cnccn3)c2)cc1. The lowest BCUT2D eigenvalue weighted by Crippen LogP contribution is -2.47. The van der Waals surface area contributed by atoms with Gasteiger partial charge in [-0.25, -0.2) is 14.5 Å². The molecule has 0 saturated carbocycles. The average molecular weight is 578 g/mol. The number of aromatic nitrogens is 4. The van der Waals surface area contributed by atoms with Crippen LogP contribution in [0.2, 0.25) is 0 Å². The molecule has 222 valence electrons. The van der Waals surface area contributed by atoms with E-state index in [2.05, 4.69) is 58.4 Å². The number of nitrogens with zero attached hydrogens (tertiary/aromatic N) is 5. The number of rotatable bonds is 6. The molecule has 2 aromatic heterocycles. The van der Waals surface area contributed by atoms with Gasteiger partial charge in [0.15, 0.2) is 0 Å². The summed E-state index contributed by atoms with van der Waals surface area (Å²) in [7, 11) is 0. The Hall–Kier alpha value is -4.53. The minimum absolute atomic E-state index is 0.00500. The lowest BCUT2D eigenvalue weighted by molar-refractivity contribution is 0.0518. The van der Waals surface area contributed by atoms with Crippen molar-refractivity contribution in [3.63, 3.8) is 0 Å². The highest BCUT2D eigenvalue weighted by molar-refractivity contribution is 5.99. The summed E-state index contributed by atoms with van der Waals surface area (Å²) in [5, 5.41) is 10.8. The van der Waals surface area contributed by atoms with Crippen molar-refractivity contribution in [1.82, 2.24) is 24.6 Å². The Morgan fingerprint density at radius 2 is 1.70 bits per heavy atom. The number of benzene rings is 2. The molecule has 0 radical (unpaired) electrons. The number of carbonyl (C=O) groups is 2. The molecule has 2 N–H and O–H groups in total. The molecule has 3 amide bonds. The Kier molecular flexibility index (Phi) is 7.73. The lowest BCUT2D eigenvalue weighted by atomic mass is 9.85. The van der Waals surface area contributed by atoms with E-state index in [-0.39, 0.29) is 29.4 Å². The second kappa shape index (κ2) is 11.6. The number of hydrogen-bond acceptors (Lipinski definition) is 5. The van der Waals surface area contributed by atoms with Gasteiger partial charge in [-0.3, -0.25) is 15.1 Å². The maximum absolute atomic E-state index is 13.2. The van der Waals surface area contributed by atoms with Crippen LogP contribution in [0.1, 0.15) is 73.8 Å². The maximum Gasteiger partial charge on any atom is 0.324 e. The van der Waals surface area contributed by atoms with E-state index in [0.29, 0.717) is 17.4 Å². The zero-order valence-electron chi connectivity index (χ0n) is 25.2. The molecule has 2 atom stereocenters.